The Morgan fingerprint density at radius 2 is 1.76 bits per heavy atom. The number of halogens is 1. The molecule has 3 rings (SSSR count). The Morgan fingerprint density at radius 1 is 1.03 bits per heavy atom. The molecule has 0 saturated heterocycles. The van der Waals surface area contributed by atoms with Crippen molar-refractivity contribution in [2.24, 2.45) is 5.10 Å². The first-order chi connectivity index (χ1) is 13.8. The van der Waals surface area contributed by atoms with Gasteiger partial charge in [0.1, 0.15) is 17.3 Å². The number of rotatable bonds is 6. The third-order valence-corrected chi connectivity index (χ3v) is 3.75. The number of hydrogen-bond donors (Lipinski definition) is 1. The molecule has 0 fully saturated rings. The van der Waals surface area contributed by atoms with E-state index in [0.717, 1.165) is 12.1 Å². The summed E-state index contributed by atoms with van der Waals surface area (Å²) in [4.78, 5) is 32.3. The summed E-state index contributed by atoms with van der Waals surface area (Å²) in [6, 6.07) is 10.9. The summed E-state index contributed by atoms with van der Waals surface area (Å²) in [5, 5.41) is 25.4. The Balaban J connectivity index is 1.70. The lowest BCUT2D eigenvalue weighted by molar-refractivity contribution is -0.384. The van der Waals surface area contributed by atoms with Gasteiger partial charge < -0.3 is 4.42 Å². The summed E-state index contributed by atoms with van der Waals surface area (Å²) in [6.07, 6.45) is 1.17. The predicted octanol–water partition coefficient (Wildman–Crippen LogP) is 3.67. The van der Waals surface area contributed by atoms with Crippen molar-refractivity contribution in [1.82, 2.24) is 5.43 Å². The molecule has 1 amide bonds. The maximum atomic E-state index is 13.2. The zero-order valence-electron chi connectivity index (χ0n) is 14.4. The lowest BCUT2D eigenvalue weighted by Crippen LogP contribution is -2.17. The monoisotopic (exact) mass is 398 g/mol. The lowest BCUT2D eigenvalue weighted by atomic mass is 10.1. The van der Waals surface area contributed by atoms with Crippen molar-refractivity contribution < 1.29 is 23.4 Å². The summed E-state index contributed by atoms with van der Waals surface area (Å²) >= 11 is 0. The van der Waals surface area contributed by atoms with Gasteiger partial charge >= 0.3 is 0 Å². The zero-order valence-corrected chi connectivity index (χ0v) is 14.4. The van der Waals surface area contributed by atoms with Crippen LogP contribution in [0.1, 0.15) is 16.1 Å². The summed E-state index contributed by atoms with van der Waals surface area (Å²) in [6.45, 7) is 0. The maximum absolute atomic E-state index is 13.2. The fourth-order valence-corrected chi connectivity index (χ4v) is 2.38. The summed E-state index contributed by atoms with van der Waals surface area (Å²) in [7, 11) is 0. The van der Waals surface area contributed by atoms with Crippen molar-refractivity contribution >= 4 is 23.5 Å². The molecule has 10 nitrogen and oxygen atoms in total. The van der Waals surface area contributed by atoms with Crippen molar-refractivity contribution in [2.75, 3.05) is 0 Å². The average molecular weight is 398 g/mol. The van der Waals surface area contributed by atoms with E-state index in [4.69, 9.17) is 4.42 Å². The van der Waals surface area contributed by atoms with Crippen molar-refractivity contribution in [3.8, 4) is 11.3 Å². The van der Waals surface area contributed by atoms with Crippen molar-refractivity contribution in [3.05, 3.63) is 92.0 Å². The standard InChI is InChI=1S/C18H11FN4O6/c19-12-3-7-15(16(9-12)23(27)28)17-8-6-14(29-17)10-20-21-18(24)11-1-4-13(5-2-11)22(25)26/h1-10H,(H,21,24)/b20-10+. The van der Waals surface area contributed by atoms with Crippen molar-refractivity contribution in [3.63, 3.8) is 0 Å². The number of hydrazone groups is 1. The zero-order chi connectivity index (χ0) is 21.0. The van der Waals surface area contributed by atoms with Crippen LogP contribution < -0.4 is 5.43 Å². The highest BCUT2D eigenvalue weighted by molar-refractivity contribution is 5.95. The summed E-state index contributed by atoms with van der Waals surface area (Å²) < 4.78 is 18.7. The third-order valence-electron chi connectivity index (χ3n) is 3.75. The number of hydrogen-bond acceptors (Lipinski definition) is 7. The number of nitrogens with one attached hydrogen (secondary N) is 1. The fraction of sp³-hybridized carbons (Fsp3) is 0. The highest BCUT2D eigenvalue weighted by Crippen LogP contribution is 2.31. The van der Waals surface area contributed by atoms with Crippen molar-refractivity contribution in [1.29, 1.82) is 0 Å². The van der Waals surface area contributed by atoms with E-state index in [2.05, 4.69) is 10.5 Å². The number of benzene rings is 2. The maximum Gasteiger partial charge on any atom is 0.283 e. The van der Waals surface area contributed by atoms with Gasteiger partial charge in [-0.1, -0.05) is 0 Å². The van der Waals surface area contributed by atoms with Gasteiger partial charge in [-0.25, -0.2) is 9.82 Å². The minimum Gasteiger partial charge on any atom is -0.455 e. The third kappa shape index (κ3) is 4.47. The Labute approximate surface area is 161 Å². The molecular formula is C18H11FN4O6. The first-order valence-corrected chi connectivity index (χ1v) is 7.97. The Kier molecular flexibility index (Phi) is 5.39. The van der Waals surface area contributed by atoms with E-state index in [1.54, 1.807) is 0 Å². The molecule has 0 spiro atoms. The number of carbonyl (C=O) groups is 1. The van der Waals surface area contributed by atoms with Gasteiger partial charge in [-0.3, -0.25) is 25.0 Å². The fourth-order valence-electron chi connectivity index (χ4n) is 2.38. The molecule has 3 aromatic rings. The average Bonchev–Trinajstić information content (AvgIpc) is 3.16. The molecule has 1 aromatic heterocycles. The Bertz CT molecular complexity index is 1120. The van der Waals surface area contributed by atoms with Crippen LogP contribution in [0.5, 0.6) is 0 Å². The van der Waals surface area contributed by atoms with Gasteiger partial charge in [0, 0.05) is 17.7 Å². The van der Waals surface area contributed by atoms with Gasteiger partial charge in [-0.05, 0) is 36.4 Å². The molecule has 1 N–H and O–H groups in total. The number of nitrogens with zero attached hydrogens (tertiary/aromatic N) is 3. The molecule has 0 aliphatic rings. The molecule has 0 atom stereocenters. The summed E-state index contributed by atoms with van der Waals surface area (Å²) in [5.41, 5.74) is 1.88. The molecule has 0 saturated carbocycles. The molecule has 11 heteroatoms. The Hall–Kier alpha value is -4.41. The Morgan fingerprint density at radius 3 is 2.41 bits per heavy atom. The molecule has 0 aliphatic heterocycles. The van der Waals surface area contributed by atoms with Crippen LogP contribution in [0.15, 0.2) is 64.1 Å². The van der Waals surface area contributed by atoms with Gasteiger partial charge in [0.25, 0.3) is 17.3 Å². The van der Waals surface area contributed by atoms with Gasteiger partial charge in [-0.15, -0.1) is 0 Å². The molecule has 0 bridgehead atoms. The van der Waals surface area contributed by atoms with Gasteiger partial charge in [0.15, 0.2) is 0 Å². The number of furan rings is 1. The van der Waals surface area contributed by atoms with Gasteiger partial charge in [-0.2, -0.15) is 5.10 Å². The van der Waals surface area contributed by atoms with Crippen LogP contribution in [0.25, 0.3) is 11.3 Å². The van der Waals surface area contributed by atoms with E-state index in [1.165, 1.54) is 48.7 Å². The van der Waals surface area contributed by atoms with E-state index in [1.807, 2.05) is 0 Å². The molecule has 0 radical (unpaired) electrons. The van der Waals surface area contributed by atoms with Gasteiger partial charge in [0.05, 0.1) is 27.7 Å². The van der Waals surface area contributed by atoms with Crippen LogP contribution in [0, 0.1) is 26.0 Å². The first kappa shape index (κ1) is 19.4. The minimum absolute atomic E-state index is 0.0889. The van der Waals surface area contributed by atoms with E-state index in [9.17, 15) is 29.4 Å². The van der Waals surface area contributed by atoms with Crippen LogP contribution in [0.3, 0.4) is 0 Å². The quantitative estimate of drug-likeness (QED) is 0.381. The normalized spacial score (nSPS) is 10.8. The number of nitro groups is 2. The second-order valence-electron chi connectivity index (χ2n) is 5.62. The largest absolute Gasteiger partial charge is 0.455 e. The highest BCUT2D eigenvalue weighted by atomic mass is 19.1. The van der Waals surface area contributed by atoms with Crippen LogP contribution in [-0.4, -0.2) is 22.0 Å². The number of non-ortho nitro benzene ring substituents is 1. The number of amides is 1. The smallest absolute Gasteiger partial charge is 0.283 e. The topological polar surface area (TPSA) is 141 Å². The molecule has 2 aromatic carbocycles. The lowest BCUT2D eigenvalue weighted by Gasteiger charge is -2.00. The van der Waals surface area contributed by atoms with E-state index < -0.39 is 27.3 Å². The molecule has 0 unspecified atom stereocenters. The van der Waals surface area contributed by atoms with Crippen molar-refractivity contribution in [2.45, 2.75) is 0 Å². The molecule has 29 heavy (non-hydrogen) atoms. The van der Waals surface area contributed by atoms with Crippen LogP contribution in [0.2, 0.25) is 0 Å². The van der Waals surface area contributed by atoms with E-state index in [-0.39, 0.29) is 28.3 Å². The van der Waals surface area contributed by atoms with E-state index in [0.29, 0.717) is 0 Å². The van der Waals surface area contributed by atoms with Gasteiger partial charge in [0.2, 0.25) is 0 Å². The number of carbonyl (C=O) groups excluding carboxylic acids is 1. The number of nitro benzene ring substituents is 2. The molecule has 146 valence electrons. The SMILES string of the molecule is O=C(N/N=C/c1ccc(-c2ccc(F)cc2[N+](=O)[O-])o1)c1ccc([N+](=O)[O-])cc1. The molecule has 1 heterocycles. The second kappa shape index (κ2) is 8.08. The first-order valence-electron chi connectivity index (χ1n) is 7.97. The second-order valence-corrected chi connectivity index (χ2v) is 5.62. The van der Waals surface area contributed by atoms with Crippen LogP contribution >= 0.6 is 0 Å². The van der Waals surface area contributed by atoms with Crippen LogP contribution in [0.4, 0.5) is 15.8 Å². The highest BCUT2D eigenvalue weighted by Gasteiger charge is 2.19. The predicted molar refractivity (Wildman–Crippen MR) is 98.9 cm³/mol. The minimum atomic E-state index is -0.747. The summed E-state index contributed by atoms with van der Waals surface area (Å²) in [5.74, 6) is -1.04. The van der Waals surface area contributed by atoms with Crippen LogP contribution in [-0.2, 0) is 0 Å². The molecule has 0 aliphatic carbocycles. The van der Waals surface area contributed by atoms with E-state index >= 15 is 0 Å². The molecular weight excluding hydrogens is 387 g/mol.